The van der Waals surface area contributed by atoms with E-state index in [1.54, 1.807) is 0 Å². The molecule has 0 N–H and O–H groups in total. The van der Waals surface area contributed by atoms with Gasteiger partial charge in [0.2, 0.25) is 0 Å². The number of aryl methyl sites for hydroxylation is 1. The van der Waals surface area contributed by atoms with Gasteiger partial charge < -0.3 is 4.74 Å². The standard InChI is InChI=1S/C61H57N4O/c1-40-25-26-43-33-56-53(32-44(43)31-40)50-28-27-49(38-57(50)65(56)58-36-45(29-30-62-58)60(2,3)4)66-48-22-16-21-47(37-48)63-39-64(55-24-15-14-23-54(55)63)59-51(41-17-10-8-11-18-41)34-46(61(5,6)7)35-52(59)42-19-12-9-13-20-42/h8-24,27-30,32-40H,25-26,31H2,1-7H3/q+1. The van der Waals surface area contributed by atoms with Crippen LogP contribution in [-0.2, 0) is 23.7 Å². The Morgan fingerprint density at radius 1 is 0.576 bits per heavy atom. The summed E-state index contributed by atoms with van der Waals surface area (Å²) in [5.41, 5.74) is 16.8. The molecular formula is C61H57N4O+. The number of para-hydroxylation sites is 2. The molecular weight excluding hydrogens is 805 g/mol. The van der Waals surface area contributed by atoms with Gasteiger partial charge in [0.15, 0.2) is 11.0 Å². The van der Waals surface area contributed by atoms with Crippen LogP contribution in [0.1, 0.15) is 77.1 Å². The smallest absolute Gasteiger partial charge is 0.255 e. The third-order valence-corrected chi connectivity index (χ3v) is 13.7. The summed E-state index contributed by atoms with van der Waals surface area (Å²) in [5.74, 6) is 3.16. The minimum absolute atomic E-state index is 0.0133. The molecule has 0 aliphatic heterocycles. The summed E-state index contributed by atoms with van der Waals surface area (Å²) in [6.45, 7) is 16.1. The summed E-state index contributed by atoms with van der Waals surface area (Å²) in [4.78, 5) is 5.00. The normalized spacial score (nSPS) is 14.3. The van der Waals surface area contributed by atoms with E-state index in [1.165, 1.54) is 67.2 Å². The number of aromatic nitrogens is 4. The molecule has 1 unspecified atom stereocenters. The van der Waals surface area contributed by atoms with Gasteiger partial charge in [-0.1, -0.05) is 127 Å². The molecule has 1 aliphatic rings. The van der Waals surface area contributed by atoms with Crippen molar-refractivity contribution in [3.8, 4) is 50.9 Å². The molecule has 0 saturated carbocycles. The van der Waals surface area contributed by atoms with E-state index in [0.717, 1.165) is 58.1 Å². The molecule has 0 radical (unpaired) electrons. The van der Waals surface area contributed by atoms with Crippen molar-refractivity contribution >= 4 is 32.8 Å². The van der Waals surface area contributed by atoms with Crippen molar-refractivity contribution in [1.29, 1.82) is 0 Å². The second-order valence-corrected chi connectivity index (χ2v) is 20.5. The lowest BCUT2D eigenvalue weighted by Gasteiger charge is -2.23. The maximum absolute atomic E-state index is 6.88. The van der Waals surface area contributed by atoms with E-state index in [1.807, 2.05) is 6.20 Å². The Morgan fingerprint density at radius 3 is 1.95 bits per heavy atom. The van der Waals surface area contributed by atoms with E-state index in [4.69, 9.17) is 9.72 Å². The second-order valence-electron chi connectivity index (χ2n) is 20.5. The predicted molar refractivity (Wildman–Crippen MR) is 273 cm³/mol. The average Bonchev–Trinajstić information content (AvgIpc) is 3.86. The first kappa shape index (κ1) is 41.5. The SMILES string of the molecule is CC1CCc2cc3c(cc2C1)c1ccc(Oc2cccc(-n4c[n+](-c5c(-c6ccccc6)cc(C(C)(C)C)cc5-c5ccccc5)c5ccccc54)c2)cc1n3-c1cc(C(C)(C)C)ccn1. The molecule has 3 heterocycles. The van der Waals surface area contributed by atoms with E-state index in [0.29, 0.717) is 5.92 Å². The largest absolute Gasteiger partial charge is 0.457 e. The van der Waals surface area contributed by atoms with Gasteiger partial charge in [-0.2, -0.15) is 9.13 Å². The quantitative estimate of drug-likeness (QED) is 0.150. The fraction of sp³-hybridized carbons (Fsp3) is 0.213. The molecule has 5 heteroatoms. The minimum atomic E-state index is -0.0572. The molecule has 0 spiro atoms. The zero-order valence-corrected chi connectivity index (χ0v) is 39.1. The number of imidazole rings is 1. The number of benzene rings is 7. The molecule has 66 heavy (non-hydrogen) atoms. The van der Waals surface area contributed by atoms with Crippen LogP contribution in [-0.4, -0.2) is 14.1 Å². The number of hydrogen-bond acceptors (Lipinski definition) is 2. The van der Waals surface area contributed by atoms with Crippen LogP contribution in [0.2, 0.25) is 0 Å². The zero-order valence-electron chi connectivity index (χ0n) is 39.1. The van der Waals surface area contributed by atoms with Crippen molar-refractivity contribution in [2.45, 2.75) is 78.6 Å². The van der Waals surface area contributed by atoms with Gasteiger partial charge in [0.05, 0.1) is 11.0 Å². The van der Waals surface area contributed by atoms with Crippen LogP contribution < -0.4 is 9.30 Å². The lowest BCUT2D eigenvalue weighted by Crippen LogP contribution is -2.31. The van der Waals surface area contributed by atoms with Crippen molar-refractivity contribution in [2.75, 3.05) is 0 Å². The van der Waals surface area contributed by atoms with Gasteiger partial charge >= 0.3 is 0 Å². The molecule has 0 amide bonds. The summed E-state index contributed by atoms with van der Waals surface area (Å²) in [5, 5.41) is 2.47. The van der Waals surface area contributed by atoms with Gasteiger partial charge in [0.1, 0.15) is 28.7 Å². The highest BCUT2D eigenvalue weighted by Crippen LogP contribution is 2.41. The number of ether oxygens (including phenoxy) is 1. The summed E-state index contributed by atoms with van der Waals surface area (Å²) < 4.78 is 13.9. The first-order valence-corrected chi connectivity index (χ1v) is 23.5. The Labute approximate surface area is 388 Å². The molecule has 11 rings (SSSR count). The van der Waals surface area contributed by atoms with Crippen molar-refractivity contribution < 1.29 is 9.30 Å². The molecule has 1 aliphatic carbocycles. The van der Waals surface area contributed by atoms with Crippen LogP contribution in [0.25, 0.3) is 72.3 Å². The van der Waals surface area contributed by atoms with Crippen LogP contribution in [0, 0.1) is 5.92 Å². The van der Waals surface area contributed by atoms with Crippen LogP contribution in [0.3, 0.4) is 0 Å². The summed E-state index contributed by atoms with van der Waals surface area (Å²) in [7, 11) is 0. The lowest BCUT2D eigenvalue weighted by molar-refractivity contribution is -0.566. The first-order chi connectivity index (χ1) is 31.9. The summed E-state index contributed by atoms with van der Waals surface area (Å²) >= 11 is 0. The van der Waals surface area contributed by atoms with Gasteiger partial charge in [-0.05, 0) is 142 Å². The number of hydrogen-bond donors (Lipinski definition) is 0. The maximum Gasteiger partial charge on any atom is 0.255 e. The fourth-order valence-electron chi connectivity index (χ4n) is 10.1. The molecule has 0 saturated heterocycles. The highest BCUT2D eigenvalue weighted by atomic mass is 16.5. The topological polar surface area (TPSA) is 35.9 Å². The Hall–Kier alpha value is -7.24. The zero-order chi connectivity index (χ0) is 45.3. The molecule has 1 atom stereocenters. The Balaban J connectivity index is 1.04. The van der Waals surface area contributed by atoms with Gasteiger partial charge in [0.25, 0.3) is 6.33 Å². The van der Waals surface area contributed by atoms with Crippen LogP contribution in [0.4, 0.5) is 0 Å². The molecule has 0 bridgehead atoms. The third kappa shape index (κ3) is 7.46. The predicted octanol–water partition coefficient (Wildman–Crippen LogP) is 15.2. The highest BCUT2D eigenvalue weighted by Gasteiger charge is 2.28. The van der Waals surface area contributed by atoms with Crippen LogP contribution >= 0.6 is 0 Å². The van der Waals surface area contributed by atoms with Crippen LogP contribution in [0.15, 0.2) is 176 Å². The maximum atomic E-state index is 6.88. The Kier molecular flexibility index (Phi) is 10.1. The Morgan fingerprint density at radius 2 is 1.24 bits per heavy atom. The highest BCUT2D eigenvalue weighted by molar-refractivity contribution is 6.10. The lowest BCUT2D eigenvalue weighted by atomic mass is 9.82. The van der Waals surface area contributed by atoms with Crippen molar-refractivity contribution in [2.24, 2.45) is 5.92 Å². The number of fused-ring (bicyclic) bond motifs is 5. The number of pyridine rings is 1. The van der Waals surface area contributed by atoms with Crippen molar-refractivity contribution in [3.05, 3.63) is 199 Å². The third-order valence-electron chi connectivity index (χ3n) is 13.7. The molecule has 10 aromatic rings. The van der Waals surface area contributed by atoms with Gasteiger partial charge in [-0.15, -0.1) is 0 Å². The second kappa shape index (κ2) is 16.0. The summed E-state index contributed by atoms with van der Waals surface area (Å²) in [6.07, 6.45) is 7.66. The van der Waals surface area contributed by atoms with E-state index < -0.39 is 0 Å². The molecule has 326 valence electrons. The van der Waals surface area contributed by atoms with E-state index >= 15 is 0 Å². The van der Waals surface area contributed by atoms with Gasteiger partial charge in [-0.25, -0.2) is 4.98 Å². The number of rotatable bonds is 7. The average molecular weight is 862 g/mol. The molecule has 0 fully saturated rings. The van der Waals surface area contributed by atoms with Gasteiger partial charge in [-0.3, -0.25) is 4.57 Å². The monoisotopic (exact) mass is 861 g/mol. The van der Waals surface area contributed by atoms with Crippen molar-refractivity contribution in [1.82, 2.24) is 14.1 Å². The molecule has 5 nitrogen and oxygen atoms in total. The molecule has 3 aromatic heterocycles. The summed E-state index contributed by atoms with van der Waals surface area (Å²) in [6, 6.07) is 59.4. The van der Waals surface area contributed by atoms with E-state index in [-0.39, 0.29) is 10.8 Å². The fourth-order valence-corrected chi connectivity index (χ4v) is 10.1. The first-order valence-electron chi connectivity index (χ1n) is 23.5. The van der Waals surface area contributed by atoms with E-state index in [9.17, 15) is 0 Å². The number of nitrogens with zero attached hydrogens (tertiary/aromatic N) is 4. The van der Waals surface area contributed by atoms with Crippen LogP contribution in [0.5, 0.6) is 11.5 Å². The van der Waals surface area contributed by atoms with E-state index in [2.05, 4.69) is 232 Å². The molecule has 7 aromatic carbocycles. The van der Waals surface area contributed by atoms with Gasteiger partial charge in [0, 0.05) is 40.2 Å². The minimum Gasteiger partial charge on any atom is -0.457 e. The Bertz CT molecular complexity index is 3390. The van der Waals surface area contributed by atoms with Crippen molar-refractivity contribution in [3.63, 3.8) is 0 Å².